The molecule has 0 aliphatic rings. The van der Waals surface area contributed by atoms with Crippen LogP contribution in [0.25, 0.3) is 0 Å². The quantitative estimate of drug-likeness (QED) is 0.804. The fourth-order valence-electron chi connectivity index (χ4n) is 1.43. The molecular weight excluding hydrogens is 365 g/mol. The van der Waals surface area contributed by atoms with Crippen molar-refractivity contribution < 1.29 is 8.42 Å². The first-order valence-corrected chi connectivity index (χ1v) is 8.67. The molecule has 102 valence electrons. The molecule has 1 aromatic heterocycles. The zero-order chi connectivity index (χ0) is 14.1. The molecule has 0 bridgehead atoms. The summed E-state index contributed by atoms with van der Waals surface area (Å²) in [6.45, 7) is 5.73. The van der Waals surface area contributed by atoms with Crippen molar-refractivity contribution in [3.8, 4) is 0 Å². The molecule has 0 spiro atoms. The van der Waals surface area contributed by atoms with Gasteiger partial charge in [0, 0.05) is 6.26 Å². The van der Waals surface area contributed by atoms with E-state index >= 15 is 0 Å². The third-order valence-electron chi connectivity index (χ3n) is 2.57. The average Bonchev–Trinajstić information content (AvgIpc) is 2.21. The van der Waals surface area contributed by atoms with Crippen LogP contribution in [0.3, 0.4) is 0 Å². The van der Waals surface area contributed by atoms with Crippen LogP contribution in [0, 0.1) is 9.49 Å². The number of hydrogen-bond acceptors (Lipinski definition) is 5. The van der Waals surface area contributed by atoms with Crippen molar-refractivity contribution in [2.75, 3.05) is 12.0 Å². The molecule has 1 unspecified atom stereocenters. The molecule has 0 amide bonds. The molecule has 1 atom stereocenters. The molecule has 0 aliphatic heterocycles. The lowest BCUT2D eigenvalue weighted by Crippen LogP contribution is -2.16. The summed E-state index contributed by atoms with van der Waals surface area (Å²) < 4.78 is 23.9. The standard InChI is InChI=1S/C11H18IN3O2S/c1-6(2)5-8-9(12)10(13)15-11(14-8)7(3)18(4,16)17/h6-7H,5H2,1-4H3,(H2,13,14,15). The molecular formula is C11H18IN3O2S. The SMILES string of the molecule is CC(C)Cc1nc(C(C)S(C)(=O)=O)nc(N)c1I. The molecule has 0 saturated carbocycles. The normalized spacial score (nSPS) is 13.9. The molecule has 1 aromatic rings. The second kappa shape index (κ2) is 5.68. The number of halogens is 1. The van der Waals surface area contributed by atoms with Crippen LogP contribution >= 0.6 is 22.6 Å². The molecule has 1 rings (SSSR count). The summed E-state index contributed by atoms with van der Waals surface area (Å²) in [4.78, 5) is 8.45. The van der Waals surface area contributed by atoms with Gasteiger partial charge < -0.3 is 5.73 Å². The average molecular weight is 383 g/mol. The van der Waals surface area contributed by atoms with Crippen LogP contribution in [0.4, 0.5) is 5.82 Å². The van der Waals surface area contributed by atoms with Crippen LogP contribution in [-0.4, -0.2) is 24.6 Å². The van der Waals surface area contributed by atoms with Crippen molar-refractivity contribution in [3.63, 3.8) is 0 Å². The van der Waals surface area contributed by atoms with E-state index in [-0.39, 0.29) is 5.82 Å². The van der Waals surface area contributed by atoms with Crippen LogP contribution in [0.5, 0.6) is 0 Å². The topological polar surface area (TPSA) is 85.9 Å². The Morgan fingerprint density at radius 3 is 2.28 bits per heavy atom. The van der Waals surface area contributed by atoms with E-state index in [0.29, 0.717) is 11.7 Å². The van der Waals surface area contributed by atoms with Crippen LogP contribution < -0.4 is 5.73 Å². The number of sulfone groups is 1. The number of aromatic nitrogens is 2. The van der Waals surface area contributed by atoms with E-state index in [1.54, 1.807) is 6.92 Å². The van der Waals surface area contributed by atoms with Gasteiger partial charge in [0.25, 0.3) is 0 Å². The smallest absolute Gasteiger partial charge is 0.157 e. The summed E-state index contributed by atoms with van der Waals surface area (Å²) in [7, 11) is -3.21. The third-order valence-corrected chi connectivity index (χ3v) is 5.24. The first kappa shape index (κ1) is 15.6. The van der Waals surface area contributed by atoms with E-state index in [9.17, 15) is 8.42 Å². The van der Waals surface area contributed by atoms with Gasteiger partial charge in [0.15, 0.2) is 9.84 Å². The largest absolute Gasteiger partial charge is 0.383 e. The highest BCUT2D eigenvalue weighted by molar-refractivity contribution is 14.1. The molecule has 1 heterocycles. The minimum absolute atomic E-state index is 0.283. The van der Waals surface area contributed by atoms with Crippen LogP contribution in [0.15, 0.2) is 0 Å². The van der Waals surface area contributed by atoms with Gasteiger partial charge in [-0.15, -0.1) is 0 Å². The number of nitrogen functional groups attached to an aromatic ring is 1. The van der Waals surface area contributed by atoms with Gasteiger partial charge in [0.2, 0.25) is 0 Å². The third kappa shape index (κ3) is 3.78. The van der Waals surface area contributed by atoms with Crippen molar-refractivity contribution >= 4 is 38.2 Å². The highest BCUT2D eigenvalue weighted by atomic mass is 127. The van der Waals surface area contributed by atoms with Gasteiger partial charge in [-0.1, -0.05) is 13.8 Å². The Kier molecular flexibility index (Phi) is 4.93. The number of anilines is 1. The summed E-state index contributed by atoms with van der Waals surface area (Å²) in [6, 6.07) is 0. The fraction of sp³-hybridized carbons (Fsp3) is 0.636. The zero-order valence-electron chi connectivity index (χ0n) is 10.9. The van der Waals surface area contributed by atoms with Crippen molar-refractivity contribution in [1.29, 1.82) is 0 Å². The summed E-state index contributed by atoms with van der Waals surface area (Å²) in [5.41, 5.74) is 6.65. The summed E-state index contributed by atoms with van der Waals surface area (Å²) >= 11 is 2.10. The molecule has 18 heavy (non-hydrogen) atoms. The van der Waals surface area contributed by atoms with E-state index in [1.807, 2.05) is 0 Å². The van der Waals surface area contributed by atoms with E-state index in [4.69, 9.17) is 5.73 Å². The maximum absolute atomic E-state index is 11.5. The molecule has 0 aromatic carbocycles. The molecule has 7 heteroatoms. The van der Waals surface area contributed by atoms with Gasteiger partial charge in [-0.2, -0.15) is 0 Å². The summed E-state index contributed by atoms with van der Waals surface area (Å²) in [5, 5.41) is -0.734. The van der Waals surface area contributed by atoms with Crippen molar-refractivity contribution in [2.45, 2.75) is 32.4 Å². The van der Waals surface area contributed by atoms with Gasteiger partial charge in [0.1, 0.15) is 16.9 Å². The second-order valence-electron chi connectivity index (χ2n) is 4.80. The minimum atomic E-state index is -3.21. The second-order valence-corrected chi connectivity index (χ2v) is 8.24. The molecule has 2 N–H and O–H groups in total. The first-order chi connectivity index (χ1) is 8.12. The highest BCUT2D eigenvalue weighted by Gasteiger charge is 2.22. The Hall–Kier alpha value is -0.440. The lowest BCUT2D eigenvalue weighted by Gasteiger charge is -2.13. The Bertz CT molecular complexity index is 543. The lowest BCUT2D eigenvalue weighted by molar-refractivity contribution is 0.587. The molecule has 0 radical (unpaired) electrons. The Morgan fingerprint density at radius 2 is 1.83 bits per heavy atom. The predicted octanol–water partition coefficient (Wildman–Crippen LogP) is 1.97. The maximum atomic E-state index is 11.5. The van der Waals surface area contributed by atoms with Crippen LogP contribution in [-0.2, 0) is 16.3 Å². The zero-order valence-corrected chi connectivity index (χ0v) is 13.9. The van der Waals surface area contributed by atoms with Gasteiger partial charge in [-0.05, 0) is 41.9 Å². The maximum Gasteiger partial charge on any atom is 0.157 e. The number of rotatable bonds is 4. The lowest BCUT2D eigenvalue weighted by atomic mass is 10.1. The van der Waals surface area contributed by atoms with E-state index in [2.05, 4.69) is 46.4 Å². The van der Waals surface area contributed by atoms with Crippen LogP contribution in [0.1, 0.15) is 37.5 Å². The highest BCUT2D eigenvalue weighted by Crippen LogP contribution is 2.24. The van der Waals surface area contributed by atoms with Crippen LogP contribution in [0.2, 0.25) is 0 Å². The van der Waals surface area contributed by atoms with Gasteiger partial charge in [-0.3, -0.25) is 0 Å². The number of nitrogens with zero attached hydrogens (tertiary/aromatic N) is 2. The first-order valence-electron chi connectivity index (χ1n) is 5.63. The Balaban J connectivity index is 3.28. The predicted molar refractivity (Wildman–Crippen MR) is 81.0 cm³/mol. The molecule has 0 fully saturated rings. The van der Waals surface area contributed by atoms with E-state index in [1.165, 1.54) is 6.26 Å². The van der Waals surface area contributed by atoms with Gasteiger partial charge in [0.05, 0.1) is 9.26 Å². The monoisotopic (exact) mass is 383 g/mol. The number of nitrogens with two attached hydrogens (primary N) is 1. The van der Waals surface area contributed by atoms with Crippen molar-refractivity contribution in [2.24, 2.45) is 5.92 Å². The molecule has 5 nitrogen and oxygen atoms in total. The van der Waals surface area contributed by atoms with E-state index in [0.717, 1.165) is 15.7 Å². The summed E-state index contributed by atoms with van der Waals surface area (Å²) in [5.74, 6) is 1.06. The Morgan fingerprint density at radius 1 is 1.28 bits per heavy atom. The molecule has 0 saturated heterocycles. The summed E-state index contributed by atoms with van der Waals surface area (Å²) in [6.07, 6.45) is 1.94. The minimum Gasteiger partial charge on any atom is -0.383 e. The van der Waals surface area contributed by atoms with Gasteiger partial charge >= 0.3 is 0 Å². The van der Waals surface area contributed by atoms with Gasteiger partial charge in [-0.25, -0.2) is 18.4 Å². The number of hydrogen-bond donors (Lipinski definition) is 1. The van der Waals surface area contributed by atoms with Crippen molar-refractivity contribution in [3.05, 3.63) is 15.1 Å². The Labute approximate surface area is 122 Å². The van der Waals surface area contributed by atoms with E-state index < -0.39 is 15.1 Å². The molecule has 0 aliphatic carbocycles. The van der Waals surface area contributed by atoms with Crippen molar-refractivity contribution in [1.82, 2.24) is 9.97 Å². The fourth-order valence-corrected chi connectivity index (χ4v) is 2.38.